The summed E-state index contributed by atoms with van der Waals surface area (Å²) in [5.74, 6) is 1.38. The van der Waals surface area contributed by atoms with Crippen molar-refractivity contribution in [3.63, 3.8) is 0 Å². The van der Waals surface area contributed by atoms with Crippen molar-refractivity contribution < 1.29 is 4.74 Å². The quantitative estimate of drug-likeness (QED) is 0.680. The number of hydrogen-bond donors (Lipinski definition) is 2. The zero-order valence-corrected chi connectivity index (χ0v) is 15.5. The molecule has 0 atom stereocenters. The second-order valence-electron chi connectivity index (χ2n) is 6.13. The molecular weight excluding hydrogens is 362 g/mol. The van der Waals surface area contributed by atoms with Gasteiger partial charge in [0.05, 0.1) is 35.3 Å². The molecule has 0 bridgehead atoms. The average molecular weight is 382 g/mol. The third kappa shape index (κ3) is 4.30. The predicted octanol–water partition coefficient (Wildman–Crippen LogP) is 4.45. The molecule has 0 saturated carbocycles. The highest BCUT2D eigenvalue weighted by atomic mass is 35.5. The Labute approximate surface area is 163 Å². The number of para-hydroxylation sites is 3. The van der Waals surface area contributed by atoms with Gasteiger partial charge in [-0.3, -0.25) is 0 Å². The Morgan fingerprint density at radius 2 is 1.48 bits per heavy atom. The number of benzene rings is 2. The van der Waals surface area contributed by atoms with Gasteiger partial charge in [0.2, 0.25) is 0 Å². The number of rotatable bonds is 5. The third-order valence-electron chi connectivity index (χ3n) is 4.32. The van der Waals surface area contributed by atoms with Gasteiger partial charge in [-0.15, -0.1) is 0 Å². The molecule has 0 spiro atoms. The lowest BCUT2D eigenvalue weighted by atomic mass is 10.2. The summed E-state index contributed by atoms with van der Waals surface area (Å²) in [4.78, 5) is 10.9. The van der Waals surface area contributed by atoms with Crippen molar-refractivity contribution in [1.82, 2.24) is 9.97 Å². The van der Waals surface area contributed by atoms with Crippen LogP contribution in [0.1, 0.15) is 0 Å². The monoisotopic (exact) mass is 381 g/mol. The second-order valence-corrected chi connectivity index (χ2v) is 6.54. The minimum absolute atomic E-state index is 0.642. The van der Waals surface area contributed by atoms with E-state index < -0.39 is 0 Å². The van der Waals surface area contributed by atoms with Crippen LogP contribution in [0.2, 0.25) is 5.02 Å². The maximum Gasteiger partial charge on any atom is 0.135 e. The van der Waals surface area contributed by atoms with Crippen LogP contribution < -0.4 is 15.5 Å². The average Bonchev–Trinajstić information content (AvgIpc) is 2.71. The van der Waals surface area contributed by atoms with Crippen molar-refractivity contribution >= 4 is 40.3 Å². The fourth-order valence-corrected chi connectivity index (χ4v) is 3.17. The zero-order chi connectivity index (χ0) is 18.5. The highest BCUT2D eigenvalue weighted by Gasteiger charge is 2.15. The van der Waals surface area contributed by atoms with Crippen molar-refractivity contribution in [2.24, 2.45) is 0 Å². The van der Waals surface area contributed by atoms with Gasteiger partial charge >= 0.3 is 0 Å². The highest BCUT2D eigenvalue weighted by molar-refractivity contribution is 6.33. The van der Waals surface area contributed by atoms with Gasteiger partial charge in [-0.1, -0.05) is 35.9 Å². The smallest absolute Gasteiger partial charge is 0.135 e. The minimum Gasteiger partial charge on any atom is -0.378 e. The summed E-state index contributed by atoms with van der Waals surface area (Å²) < 4.78 is 5.46. The lowest BCUT2D eigenvalue weighted by Gasteiger charge is -2.30. The Bertz CT molecular complexity index is 914. The molecule has 1 fully saturated rings. The molecule has 7 heteroatoms. The molecule has 2 N–H and O–H groups in total. The van der Waals surface area contributed by atoms with E-state index in [-0.39, 0.29) is 0 Å². The van der Waals surface area contributed by atoms with Crippen LogP contribution in [0.15, 0.2) is 60.9 Å². The highest BCUT2D eigenvalue weighted by Crippen LogP contribution is 2.30. The molecule has 0 unspecified atom stereocenters. The second kappa shape index (κ2) is 8.24. The van der Waals surface area contributed by atoms with Crippen LogP contribution >= 0.6 is 11.6 Å². The van der Waals surface area contributed by atoms with Crippen molar-refractivity contribution in [3.8, 4) is 0 Å². The van der Waals surface area contributed by atoms with Gasteiger partial charge in [-0.05, 0) is 24.3 Å². The fourth-order valence-electron chi connectivity index (χ4n) is 2.99. The van der Waals surface area contributed by atoms with Gasteiger partial charge in [0, 0.05) is 19.2 Å². The lowest BCUT2D eigenvalue weighted by Crippen LogP contribution is -2.36. The maximum atomic E-state index is 6.21. The fraction of sp³-hybridized carbons (Fsp3) is 0.200. The summed E-state index contributed by atoms with van der Waals surface area (Å²) >= 11 is 6.21. The molecule has 2 aromatic carbocycles. The van der Waals surface area contributed by atoms with Crippen LogP contribution in [0.5, 0.6) is 0 Å². The molecule has 1 saturated heterocycles. The van der Waals surface area contributed by atoms with E-state index in [1.54, 1.807) is 0 Å². The van der Waals surface area contributed by atoms with Crippen molar-refractivity contribution in [1.29, 1.82) is 0 Å². The van der Waals surface area contributed by atoms with Gasteiger partial charge in [0.25, 0.3) is 0 Å². The number of halogens is 1. The molecule has 27 heavy (non-hydrogen) atoms. The summed E-state index contributed by atoms with van der Waals surface area (Å²) in [6.07, 6.45) is 1.53. The van der Waals surface area contributed by atoms with E-state index in [1.807, 2.05) is 48.5 Å². The van der Waals surface area contributed by atoms with Gasteiger partial charge in [0.15, 0.2) is 0 Å². The van der Waals surface area contributed by atoms with Gasteiger partial charge in [0.1, 0.15) is 18.0 Å². The van der Waals surface area contributed by atoms with Crippen LogP contribution in [0.3, 0.4) is 0 Å². The number of anilines is 5. The van der Waals surface area contributed by atoms with Crippen LogP contribution in [-0.2, 0) is 4.74 Å². The molecule has 3 aromatic rings. The molecule has 1 aromatic heterocycles. The maximum absolute atomic E-state index is 6.21. The van der Waals surface area contributed by atoms with Crippen LogP contribution in [-0.4, -0.2) is 36.3 Å². The third-order valence-corrected chi connectivity index (χ3v) is 4.65. The first kappa shape index (κ1) is 17.6. The Kier molecular flexibility index (Phi) is 5.37. The van der Waals surface area contributed by atoms with E-state index >= 15 is 0 Å². The predicted molar refractivity (Wildman–Crippen MR) is 110 cm³/mol. The molecule has 138 valence electrons. The minimum atomic E-state index is 0.642. The van der Waals surface area contributed by atoms with E-state index in [1.165, 1.54) is 6.33 Å². The number of nitrogens with one attached hydrogen (secondary N) is 2. The van der Waals surface area contributed by atoms with Gasteiger partial charge < -0.3 is 20.3 Å². The van der Waals surface area contributed by atoms with Gasteiger partial charge in [-0.2, -0.15) is 0 Å². The standard InChI is InChI=1S/C20H20ClN5O/c21-15-5-1-2-6-16(15)24-19-13-20(23-14-22-19)25-17-7-3-4-8-18(17)26-9-11-27-12-10-26/h1-8,13-14H,9-12H2,(H2,22,23,24,25). The van der Waals surface area contributed by atoms with Crippen LogP contribution in [0.25, 0.3) is 0 Å². The van der Waals surface area contributed by atoms with Crippen molar-refractivity contribution in [2.75, 3.05) is 41.8 Å². The molecule has 0 aliphatic carbocycles. The normalized spacial score (nSPS) is 14.0. The Morgan fingerprint density at radius 1 is 0.852 bits per heavy atom. The Balaban J connectivity index is 1.54. The van der Waals surface area contributed by atoms with Crippen LogP contribution in [0, 0.1) is 0 Å². The summed E-state index contributed by atoms with van der Waals surface area (Å²) in [6.45, 7) is 3.24. The molecule has 1 aliphatic heterocycles. The molecule has 6 nitrogen and oxygen atoms in total. The largest absolute Gasteiger partial charge is 0.378 e. The summed E-state index contributed by atoms with van der Waals surface area (Å²) in [5, 5.41) is 7.27. The van der Waals surface area contributed by atoms with Crippen LogP contribution in [0.4, 0.5) is 28.7 Å². The first-order valence-corrected chi connectivity index (χ1v) is 9.20. The molecule has 4 rings (SSSR count). The summed E-state index contributed by atoms with van der Waals surface area (Å²) in [5.41, 5.74) is 2.94. The van der Waals surface area contributed by atoms with E-state index in [2.05, 4.69) is 31.6 Å². The molecular formula is C20H20ClN5O. The number of nitrogens with zero attached hydrogens (tertiary/aromatic N) is 3. The Morgan fingerprint density at radius 3 is 2.22 bits per heavy atom. The SMILES string of the molecule is Clc1ccccc1Nc1cc(Nc2ccccc2N2CCOCC2)ncn1. The van der Waals surface area contributed by atoms with Crippen molar-refractivity contribution in [2.45, 2.75) is 0 Å². The topological polar surface area (TPSA) is 62.3 Å². The number of morpholine rings is 1. The van der Waals surface area contributed by atoms with E-state index in [0.29, 0.717) is 16.7 Å². The summed E-state index contributed by atoms with van der Waals surface area (Å²) in [6, 6.07) is 17.6. The van der Waals surface area contributed by atoms with Crippen molar-refractivity contribution in [3.05, 3.63) is 65.9 Å². The number of aromatic nitrogens is 2. The molecule has 2 heterocycles. The lowest BCUT2D eigenvalue weighted by molar-refractivity contribution is 0.123. The van der Waals surface area contributed by atoms with E-state index in [9.17, 15) is 0 Å². The van der Waals surface area contributed by atoms with E-state index in [4.69, 9.17) is 16.3 Å². The number of ether oxygens (including phenoxy) is 1. The first-order valence-electron chi connectivity index (χ1n) is 8.82. The molecule has 0 amide bonds. The molecule has 1 aliphatic rings. The molecule has 0 radical (unpaired) electrons. The Hall–Kier alpha value is -2.83. The number of hydrogen-bond acceptors (Lipinski definition) is 6. The zero-order valence-electron chi connectivity index (χ0n) is 14.7. The van der Waals surface area contributed by atoms with Gasteiger partial charge in [-0.25, -0.2) is 9.97 Å². The summed E-state index contributed by atoms with van der Waals surface area (Å²) in [7, 11) is 0. The first-order chi connectivity index (χ1) is 13.3. The van der Waals surface area contributed by atoms with E-state index in [0.717, 1.165) is 43.4 Å².